The largest absolute Gasteiger partial charge is 0.379 e. The standard InChI is InChI=1S/C12H24ClNO/c1-11-5-3-4-6-12(11)14(2)8-10-15-9-7-13/h11-12H,3-10H2,1-2H3. The lowest BCUT2D eigenvalue weighted by Crippen LogP contribution is -2.40. The van der Waals surface area contributed by atoms with E-state index in [1.54, 1.807) is 0 Å². The summed E-state index contributed by atoms with van der Waals surface area (Å²) >= 11 is 5.55. The van der Waals surface area contributed by atoms with Gasteiger partial charge in [0, 0.05) is 18.5 Å². The van der Waals surface area contributed by atoms with Gasteiger partial charge in [0.05, 0.1) is 13.2 Å². The van der Waals surface area contributed by atoms with Crippen LogP contribution in [0.25, 0.3) is 0 Å². The highest BCUT2D eigenvalue weighted by molar-refractivity contribution is 6.17. The summed E-state index contributed by atoms with van der Waals surface area (Å²) in [6.07, 6.45) is 5.54. The average Bonchev–Trinajstić information content (AvgIpc) is 2.25. The Morgan fingerprint density at radius 3 is 2.67 bits per heavy atom. The molecule has 0 aromatic rings. The van der Waals surface area contributed by atoms with Gasteiger partial charge in [-0.3, -0.25) is 0 Å². The van der Waals surface area contributed by atoms with Crippen LogP contribution in [0.15, 0.2) is 0 Å². The van der Waals surface area contributed by atoms with E-state index in [0.717, 1.165) is 25.1 Å². The molecule has 0 saturated heterocycles. The van der Waals surface area contributed by atoms with Gasteiger partial charge in [-0.15, -0.1) is 11.6 Å². The number of rotatable bonds is 6. The summed E-state index contributed by atoms with van der Waals surface area (Å²) in [6, 6.07) is 0.762. The number of nitrogens with zero attached hydrogens (tertiary/aromatic N) is 1. The zero-order chi connectivity index (χ0) is 11.1. The molecular weight excluding hydrogens is 210 g/mol. The molecule has 2 atom stereocenters. The van der Waals surface area contributed by atoms with Crippen molar-refractivity contribution in [3.8, 4) is 0 Å². The van der Waals surface area contributed by atoms with Crippen LogP contribution in [0.5, 0.6) is 0 Å². The van der Waals surface area contributed by atoms with Crippen molar-refractivity contribution in [3.05, 3.63) is 0 Å². The van der Waals surface area contributed by atoms with Crippen molar-refractivity contribution in [1.29, 1.82) is 0 Å². The van der Waals surface area contributed by atoms with Gasteiger partial charge >= 0.3 is 0 Å². The van der Waals surface area contributed by atoms with Crippen molar-refractivity contribution in [2.45, 2.75) is 38.6 Å². The molecule has 1 aliphatic carbocycles. The van der Waals surface area contributed by atoms with Crippen LogP contribution in [0.3, 0.4) is 0 Å². The van der Waals surface area contributed by atoms with Gasteiger partial charge in [0.15, 0.2) is 0 Å². The fraction of sp³-hybridized carbons (Fsp3) is 1.00. The van der Waals surface area contributed by atoms with Gasteiger partial charge in [-0.1, -0.05) is 19.8 Å². The molecule has 0 aromatic carbocycles. The fourth-order valence-corrected chi connectivity index (χ4v) is 2.59. The molecule has 0 radical (unpaired) electrons. The van der Waals surface area contributed by atoms with Gasteiger partial charge in [-0.25, -0.2) is 0 Å². The van der Waals surface area contributed by atoms with Crippen molar-refractivity contribution in [3.63, 3.8) is 0 Å². The lowest BCUT2D eigenvalue weighted by Gasteiger charge is -2.36. The highest BCUT2D eigenvalue weighted by atomic mass is 35.5. The number of halogens is 1. The van der Waals surface area contributed by atoms with E-state index >= 15 is 0 Å². The molecule has 2 nitrogen and oxygen atoms in total. The SMILES string of the molecule is CC1CCCCC1N(C)CCOCCCl. The van der Waals surface area contributed by atoms with Crippen LogP contribution in [0.1, 0.15) is 32.6 Å². The van der Waals surface area contributed by atoms with E-state index in [1.165, 1.54) is 25.7 Å². The Morgan fingerprint density at radius 1 is 1.27 bits per heavy atom. The van der Waals surface area contributed by atoms with Gasteiger partial charge in [0.2, 0.25) is 0 Å². The summed E-state index contributed by atoms with van der Waals surface area (Å²) in [4.78, 5) is 2.46. The van der Waals surface area contributed by atoms with Crippen molar-refractivity contribution in [2.75, 3.05) is 32.7 Å². The first kappa shape index (κ1) is 13.3. The molecule has 15 heavy (non-hydrogen) atoms. The molecule has 0 spiro atoms. The Hall–Kier alpha value is 0.210. The van der Waals surface area contributed by atoms with Crippen LogP contribution in [0.4, 0.5) is 0 Å². The van der Waals surface area contributed by atoms with E-state index in [4.69, 9.17) is 16.3 Å². The molecular formula is C12H24ClNO. The third kappa shape index (κ3) is 4.71. The molecule has 3 heteroatoms. The molecule has 0 bridgehead atoms. The summed E-state index contributed by atoms with van der Waals surface area (Å²) in [7, 11) is 2.22. The zero-order valence-electron chi connectivity index (χ0n) is 10.0. The van der Waals surface area contributed by atoms with Crippen molar-refractivity contribution in [1.82, 2.24) is 4.90 Å². The van der Waals surface area contributed by atoms with Crippen molar-refractivity contribution < 1.29 is 4.74 Å². The molecule has 0 N–H and O–H groups in total. The Morgan fingerprint density at radius 2 is 2.00 bits per heavy atom. The molecule has 1 saturated carbocycles. The Kier molecular flexibility index (Phi) is 6.62. The van der Waals surface area contributed by atoms with Crippen LogP contribution in [-0.4, -0.2) is 43.6 Å². The van der Waals surface area contributed by atoms with E-state index in [1.807, 2.05) is 0 Å². The summed E-state index contributed by atoms with van der Waals surface area (Å²) in [5, 5.41) is 0. The summed E-state index contributed by atoms with van der Waals surface area (Å²) in [6.45, 7) is 4.90. The number of likely N-dealkylation sites (N-methyl/N-ethyl adjacent to an activating group) is 1. The van der Waals surface area contributed by atoms with Crippen LogP contribution >= 0.6 is 11.6 Å². The molecule has 1 aliphatic rings. The number of ether oxygens (including phenoxy) is 1. The summed E-state index contributed by atoms with van der Waals surface area (Å²) in [5.74, 6) is 1.44. The second kappa shape index (κ2) is 7.48. The minimum atomic E-state index is 0.601. The van der Waals surface area contributed by atoms with Gasteiger partial charge in [-0.05, 0) is 25.8 Å². The summed E-state index contributed by atoms with van der Waals surface area (Å²) in [5.41, 5.74) is 0. The van der Waals surface area contributed by atoms with Crippen molar-refractivity contribution >= 4 is 11.6 Å². The lowest BCUT2D eigenvalue weighted by molar-refractivity contribution is 0.0808. The number of alkyl halides is 1. The van der Waals surface area contributed by atoms with Crippen LogP contribution < -0.4 is 0 Å². The number of hydrogen-bond donors (Lipinski definition) is 0. The highest BCUT2D eigenvalue weighted by Gasteiger charge is 2.24. The predicted octanol–water partition coefficient (Wildman–Crippen LogP) is 2.75. The van der Waals surface area contributed by atoms with E-state index in [9.17, 15) is 0 Å². The van der Waals surface area contributed by atoms with E-state index in [0.29, 0.717) is 12.5 Å². The van der Waals surface area contributed by atoms with Gasteiger partial charge < -0.3 is 9.64 Å². The minimum absolute atomic E-state index is 0.601. The Labute approximate surface area is 98.9 Å². The van der Waals surface area contributed by atoms with Crippen molar-refractivity contribution in [2.24, 2.45) is 5.92 Å². The molecule has 0 aliphatic heterocycles. The normalized spacial score (nSPS) is 27.2. The maximum atomic E-state index is 5.55. The molecule has 1 rings (SSSR count). The van der Waals surface area contributed by atoms with E-state index in [2.05, 4.69) is 18.9 Å². The number of hydrogen-bond acceptors (Lipinski definition) is 2. The first-order chi connectivity index (χ1) is 7.25. The predicted molar refractivity (Wildman–Crippen MR) is 65.6 cm³/mol. The van der Waals surface area contributed by atoms with Gasteiger partial charge in [-0.2, -0.15) is 0 Å². The monoisotopic (exact) mass is 233 g/mol. The van der Waals surface area contributed by atoms with Crippen LogP contribution in [-0.2, 0) is 4.74 Å². The molecule has 1 fully saturated rings. The molecule has 2 unspecified atom stereocenters. The topological polar surface area (TPSA) is 12.5 Å². The van der Waals surface area contributed by atoms with Crippen LogP contribution in [0.2, 0.25) is 0 Å². The molecule has 0 heterocycles. The molecule has 0 aromatic heterocycles. The zero-order valence-corrected chi connectivity index (χ0v) is 10.8. The fourth-order valence-electron chi connectivity index (χ4n) is 2.48. The van der Waals surface area contributed by atoms with E-state index in [-0.39, 0.29) is 0 Å². The Bertz CT molecular complexity index is 166. The van der Waals surface area contributed by atoms with E-state index < -0.39 is 0 Å². The van der Waals surface area contributed by atoms with Gasteiger partial charge in [0.1, 0.15) is 0 Å². The maximum Gasteiger partial charge on any atom is 0.0602 e. The second-order valence-corrected chi connectivity index (χ2v) is 4.99. The average molecular weight is 234 g/mol. The van der Waals surface area contributed by atoms with Gasteiger partial charge in [0.25, 0.3) is 0 Å². The highest BCUT2D eigenvalue weighted by Crippen LogP contribution is 2.26. The molecule has 90 valence electrons. The first-order valence-electron chi connectivity index (χ1n) is 6.09. The third-order valence-electron chi connectivity index (χ3n) is 3.44. The molecule has 0 amide bonds. The Balaban J connectivity index is 2.16. The van der Waals surface area contributed by atoms with Crippen LogP contribution in [0, 0.1) is 5.92 Å². The second-order valence-electron chi connectivity index (χ2n) is 4.61. The quantitative estimate of drug-likeness (QED) is 0.517. The summed E-state index contributed by atoms with van der Waals surface area (Å²) < 4.78 is 5.41. The third-order valence-corrected chi connectivity index (χ3v) is 3.60. The smallest absolute Gasteiger partial charge is 0.0602 e. The minimum Gasteiger partial charge on any atom is -0.379 e. The first-order valence-corrected chi connectivity index (χ1v) is 6.63. The maximum absolute atomic E-state index is 5.55. The lowest BCUT2D eigenvalue weighted by atomic mass is 9.85.